The lowest BCUT2D eigenvalue weighted by molar-refractivity contribution is -0.126. The highest BCUT2D eigenvalue weighted by Gasteiger charge is 2.25. The lowest BCUT2D eigenvalue weighted by Gasteiger charge is -2.21. The number of benzene rings is 1. The molecule has 10 heteroatoms. The van der Waals surface area contributed by atoms with Crippen molar-refractivity contribution in [1.29, 1.82) is 0 Å². The summed E-state index contributed by atoms with van der Waals surface area (Å²) in [5.74, 6) is 0.534. The Kier molecular flexibility index (Phi) is 10.8. The van der Waals surface area contributed by atoms with Gasteiger partial charge in [-0.15, -0.1) is 0 Å². The number of likely N-dealkylation sites (N-methyl/N-ethyl adjacent to an activating group) is 1. The number of hydrogen-bond acceptors (Lipinski definition) is 6. The predicted octanol–water partition coefficient (Wildman–Crippen LogP) is 2.62. The fraction of sp³-hybridized carbons (Fsp3) is 0.538. The van der Waals surface area contributed by atoms with Crippen LogP contribution in [0.25, 0.3) is 11.3 Å². The maximum atomic E-state index is 13.3. The highest BCUT2D eigenvalue weighted by Crippen LogP contribution is 2.39. The standard InChI is InChI=1S/C26H39N5O5/c1-8-17(4)15-31-20(25-21(35-6)10-9-11-22(25)36-7)12-19(30-31)26(34)29-18(16(2)3)13-23(32)28-14-24(33)27-5/h9-12,16-18H,8,13-15H2,1-7H3,(H,27,33)(H,28,32)(H,29,34). The first-order valence-corrected chi connectivity index (χ1v) is 12.2. The molecule has 1 heterocycles. The van der Waals surface area contributed by atoms with Gasteiger partial charge in [0.2, 0.25) is 11.8 Å². The summed E-state index contributed by atoms with van der Waals surface area (Å²) in [7, 11) is 4.67. The highest BCUT2D eigenvalue weighted by molar-refractivity contribution is 5.94. The second-order valence-electron chi connectivity index (χ2n) is 9.13. The molecule has 3 amide bonds. The molecule has 2 rings (SSSR count). The average molecular weight is 502 g/mol. The molecule has 2 atom stereocenters. The first-order chi connectivity index (χ1) is 17.1. The van der Waals surface area contributed by atoms with Crippen molar-refractivity contribution >= 4 is 17.7 Å². The van der Waals surface area contributed by atoms with Crippen molar-refractivity contribution in [2.45, 2.75) is 53.1 Å². The van der Waals surface area contributed by atoms with Crippen LogP contribution in [-0.2, 0) is 16.1 Å². The number of carbonyl (C=O) groups excluding carboxylic acids is 3. The minimum atomic E-state index is -0.439. The molecule has 1 aromatic carbocycles. The van der Waals surface area contributed by atoms with E-state index in [1.165, 1.54) is 7.05 Å². The van der Waals surface area contributed by atoms with Crippen LogP contribution in [0.4, 0.5) is 0 Å². The minimum Gasteiger partial charge on any atom is -0.496 e. The number of amides is 3. The lowest BCUT2D eigenvalue weighted by Crippen LogP contribution is -2.44. The van der Waals surface area contributed by atoms with E-state index in [2.05, 4.69) is 34.9 Å². The Bertz CT molecular complexity index is 1030. The Morgan fingerprint density at radius 3 is 2.22 bits per heavy atom. The topological polar surface area (TPSA) is 124 Å². The fourth-order valence-electron chi connectivity index (χ4n) is 3.63. The van der Waals surface area contributed by atoms with Crippen LogP contribution in [0.15, 0.2) is 24.3 Å². The molecule has 0 fully saturated rings. The van der Waals surface area contributed by atoms with Crippen molar-refractivity contribution in [3.05, 3.63) is 30.0 Å². The molecule has 198 valence electrons. The van der Waals surface area contributed by atoms with Crippen molar-refractivity contribution < 1.29 is 23.9 Å². The second kappa shape index (κ2) is 13.5. The van der Waals surface area contributed by atoms with Crippen LogP contribution in [0.1, 0.15) is 51.0 Å². The third-order valence-corrected chi connectivity index (χ3v) is 6.13. The van der Waals surface area contributed by atoms with Crippen LogP contribution < -0.4 is 25.4 Å². The molecule has 0 saturated heterocycles. The summed E-state index contributed by atoms with van der Waals surface area (Å²) in [6.45, 7) is 8.56. The lowest BCUT2D eigenvalue weighted by atomic mass is 10.00. The molecule has 0 aliphatic heterocycles. The van der Waals surface area contributed by atoms with E-state index in [9.17, 15) is 14.4 Å². The van der Waals surface area contributed by atoms with Crippen molar-refractivity contribution in [2.24, 2.45) is 11.8 Å². The molecule has 10 nitrogen and oxygen atoms in total. The van der Waals surface area contributed by atoms with Gasteiger partial charge in [-0.05, 0) is 30.0 Å². The normalized spacial score (nSPS) is 12.6. The summed E-state index contributed by atoms with van der Waals surface area (Å²) in [5.41, 5.74) is 1.66. The largest absolute Gasteiger partial charge is 0.496 e. The molecule has 0 aliphatic rings. The predicted molar refractivity (Wildman–Crippen MR) is 138 cm³/mol. The molecule has 0 radical (unpaired) electrons. The van der Waals surface area contributed by atoms with Gasteiger partial charge in [-0.2, -0.15) is 5.10 Å². The first-order valence-electron chi connectivity index (χ1n) is 12.2. The van der Waals surface area contributed by atoms with Crippen LogP contribution in [0.3, 0.4) is 0 Å². The molecule has 0 bridgehead atoms. The van der Waals surface area contributed by atoms with Crippen LogP contribution in [0.2, 0.25) is 0 Å². The molecule has 0 aliphatic carbocycles. The number of nitrogens with zero attached hydrogens (tertiary/aromatic N) is 2. The molecule has 3 N–H and O–H groups in total. The number of aromatic nitrogens is 2. The monoisotopic (exact) mass is 501 g/mol. The zero-order valence-electron chi connectivity index (χ0n) is 22.3. The van der Waals surface area contributed by atoms with Gasteiger partial charge in [0.05, 0.1) is 32.0 Å². The SMILES string of the molecule is CCC(C)Cn1nc(C(=O)NC(CC(=O)NCC(=O)NC)C(C)C)cc1-c1c(OC)cccc1OC. The van der Waals surface area contributed by atoms with Crippen molar-refractivity contribution in [3.63, 3.8) is 0 Å². The fourth-order valence-corrected chi connectivity index (χ4v) is 3.63. The maximum absolute atomic E-state index is 13.3. The third kappa shape index (κ3) is 7.47. The average Bonchev–Trinajstić information content (AvgIpc) is 3.29. The number of hydrogen-bond donors (Lipinski definition) is 3. The van der Waals surface area contributed by atoms with Gasteiger partial charge in [0.1, 0.15) is 11.5 Å². The van der Waals surface area contributed by atoms with Crippen LogP contribution in [0.5, 0.6) is 11.5 Å². The third-order valence-electron chi connectivity index (χ3n) is 6.13. The summed E-state index contributed by atoms with van der Waals surface area (Å²) in [5, 5.41) is 12.6. The number of ether oxygens (including phenoxy) is 2. The summed E-state index contributed by atoms with van der Waals surface area (Å²) < 4.78 is 13.0. The molecular formula is C26H39N5O5. The number of rotatable bonds is 13. The molecule has 1 aromatic heterocycles. The van der Waals surface area contributed by atoms with Gasteiger partial charge in [-0.1, -0.05) is 40.2 Å². The van der Waals surface area contributed by atoms with Gasteiger partial charge in [0.25, 0.3) is 5.91 Å². The van der Waals surface area contributed by atoms with Crippen molar-refractivity contribution in [1.82, 2.24) is 25.7 Å². The number of nitrogens with one attached hydrogen (secondary N) is 3. The Morgan fingerprint density at radius 2 is 1.69 bits per heavy atom. The van der Waals surface area contributed by atoms with E-state index >= 15 is 0 Å². The van der Waals surface area contributed by atoms with Crippen molar-refractivity contribution in [2.75, 3.05) is 27.8 Å². The Balaban J connectivity index is 2.36. The summed E-state index contributed by atoms with van der Waals surface area (Å²) in [4.78, 5) is 37.0. The van der Waals surface area contributed by atoms with E-state index in [1.54, 1.807) is 20.3 Å². The van der Waals surface area contributed by atoms with Crippen LogP contribution in [0, 0.1) is 11.8 Å². The van der Waals surface area contributed by atoms with Crippen molar-refractivity contribution in [3.8, 4) is 22.8 Å². The quantitative estimate of drug-likeness (QED) is 0.388. The van der Waals surface area contributed by atoms with Gasteiger partial charge < -0.3 is 25.4 Å². The first kappa shape index (κ1) is 28.7. The minimum absolute atomic E-state index is 0.0179. The van der Waals surface area contributed by atoms with Gasteiger partial charge in [-0.25, -0.2) is 0 Å². The van der Waals surface area contributed by atoms with Gasteiger partial charge in [0.15, 0.2) is 5.69 Å². The molecule has 2 aromatic rings. The van der Waals surface area contributed by atoms with E-state index in [1.807, 2.05) is 36.7 Å². The van der Waals surface area contributed by atoms with Crippen LogP contribution in [-0.4, -0.2) is 61.4 Å². The van der Waals surface area contributed by atoms with E-state index in [4.69, 9.17) is 9.47 Å². The molecule has 0 saturated carbocycles. The summed E-state index contributed by atoms with van der Waals surface area (Å²) in [6, 6.07) is 6.80. The summed E-state index contributed by atoms with van der Waals surface area (Å²) >= 11 is 0. The van der Waals surface area contributed by atoms with Crippen LogP contribution >= 0.6 is 0 Å². The van der Waals surface area contributed by atoms with Gasteiger partial charge in [0, 0.05) is 26.1 Å². The van der Waals surface area contributed by atoms with Gasteiger partial charge >= 0.3 is 0 Å². The van der Waals surface area contributed by atoms with Gasteiger partial charge in [-0.3, -0.25) is 19.1 Å². The molecule has 2 unspecified atom stereocenters. The smallest absolute Gasteiger partial charge is 0.272 e. The van der Waals surface area contributed by atoms with E-state index in [0.29, 0.717) is 35.2 Å². The zero-order valence-corrected chi connectivity index (χ0v) is 22.3. The Labute approximate surface area is 213 Å². The zero-order chi connectivity index (χ0) is 26.8. The Hall–Kier alpha value is -3.56. The maximum Gasteiger partial charge on any atom is 0.272 e. The molecule has 0 spiro atoms. The van der Waals surface area contributed by atoms with E-state index < -0.39 is 6.04 Å². The van der Waals surface area contributed by atoms with E-state index in [0.717, 1.165) is 6.42 Å². The molecular weight excluding hydrogens is 462 g/mol. The Morgan fingerprint density at radius 1 is 1.06 bits per heavy atom. The highest BCUT2D eigenvalue weighted by atomic mass is 16.5. The second-order valence-corrected chi connectivity index (χ2v) is 9.13. The molecule has 36 heavy (non-hydrogen) atoms. The van der Waals surface area contributed by atoms with E-state index in [-0.39, 0.29) is 42.3 Å². The number of methoxy groups -OCH3 is 2. The number of carbonyl (C=O) groups is 3. The summed E-state index contributed by atoms with van der Waals surface area (Å²) in [6.07, 6.45) is 0.992.